The van der Waals surface area contributed by atoms with Crippen molar-refractivity contribution in [1.82, 2.24) is 30.0 Å². The van der Waals surface area contributed by atoms with E-state index in [4.69, 9.17) is 9.72 Å². The maximum atomic E-state index is 14.1. The smallest absolute Gasteiger partial charge is 0.277 e. The van der Waals surface area contributed by atoms with Crippen molar-refractivity contribution in [2.45, 2.75) is 69.9 Å². The number of phenolic OH excluding ortho intramolecular Hbond substituents is 1. The van der Waals surface area contributed by atoms with Gasteiger partial charge in [0.1, 0.15) is 22.8 Å². The Bertz CT molecular complexity index is 1880. The summed E-state index contributed by atoms with van der Waals surface area (Å²) in [6.45, 7) is 7.59. The zero-order valence-corrected chi connectivity index (χ0v) is 27.6. The van der Waals surface area contributed by atoms with Crippen molar-refractivity contribution >= 4 is 26.8 Å². The average molecular weight is 651 g/mol. The van der Waals surface area contributed by atoms with Crippen LogP contribution < -0.4 is 15.6 Å². The summed E-state index contributed by atoms with van der Waals surface area (Å²) in [6.07, 6.45) is 4.05. The standard InChI is InChI=1S/C33H42N6O6S/c1-5-11-25-29-30(38(4)37-25)33(42)36-31(35-29)24-19-22(14-15-28(24)45-18-6-2)46(43,44)20-26(39-16-9-10-17-39)21(3)34-32(41)23-12-7-8-13-27(23)40/h7-8,12-15,19,21,26,40H,5-6,9-11,16-18,20H2,1-4H3,(H,34,41)(H,35,36,42). The Kier molecular flexibility index (Phi) is 10.1. The Hall–Kier alpha value is -4.23. The van der Waals surface area contributed by atoms with Gasteiger partial charge in [0.25, 0.3) is 11.5 Å². The third-order valence-corrected chi connectivity index (χ3v) is 10.1. The van der Waals surface area contributed by atoms with Gasteiger partial charge >= 0.3 is 0 Å². The molecule has 246 valence electrons. The normalized spacial score (nSPS) is 15.2. The number of hydrogen-bond donors (Lipinski definition) is 3. The van der Waals surface area contributed by atoms with E-state index in [0.29, 0.717) is 54.2 Å². The Morgan fingerprint density at radius 3 is 2.57 bits per heavy atom. The Labute approximate surface area is 268 Å². The summed E-state index contributed by atoms with van der Waals surface area (Å²) in [4.78, 5) is 36.0. The van der Waals surface area contributed by atoms with Gasteiger partial charge in [-0.2, -0.15) is 5.10 Å². The summed E-state index contributed by atoms with van der Waals surface area (Å²) in [7, 11) is -2.22. The fraction of sp³-hybridized carbons (Fsp3) is 0.455. The second-order valence-electron chi connectivity index (χ2n) is 11.8. The van der Waals surface area contributed by atoms with Crippen LogP contribution in [0.1, 0.15) is 62.5 Å². The van der Waals surface area contributed by atoms with Crippen molar-refractivity contribution in [3.63, 3.8) is 0 Å². The zero-order valence-electron chi connectivity index (χ0n) is 26.7. The third-order valence-electron chi connectivity index (χ3n) is 8.36. The van der Waals surface area contributed by atoms with Crippen LogP contribution in [0.15, 0.2) is 52.2 Å². The van der Waals surface area contributed by atoms with E-state index in [1.54, 1.807) is 32.2 Å². The highest BCUT2D eigenvalue weighted by molar-refractivity contribution is 7.91. The number of H-pyrrole nitrogens is 1. The molecule has 13 heteroatoms. The fourth-order valence-electron chi connectivity index (χ4n) is 6.01. The van der Waals surface area contributed by atoms with E-state index in [2.05, 4.69) is 20.3 Å². The van der Waals surface area contributed by atoms with Crippen LogP contribution >= 0.6 is 0 Å². The molecule has 1 amide bonds. The van der Waals surface area contributed by atoms with Crippen molar-refractivity contribution in [3.05, 3.63) is 64.1 Å². The van der Waals surface area contributed by atoms with E-state index < -0.39 is 27.8 Å². The quantitative estimate of drug-likeness (QED) is 0.195. The molecule has 1 aliphatic heterocycles. The minimum absolute atomic E-state index is 0.0532. The molecule has 1 saturated heterocycles. The number of benzene rings is 2. The molecule has 0 spiro atoms. The van der Waals surface area contributed by atoms with Gasteiger partial charge in [-0.3, -0.25) is 19.2 Å². The number of phenols is 1. The Morgan fingerprint density at radius 2 is 1.87 bits per heavy atom. The number of sulfone groups is 1. The van der Waals surface area contributed by atoms with Crippen LogP contribution in [0.2, 0.25) is 0 Å². The third kappa shape index (κ3) is 6.95. The van der Waals surface area contributed by atoms with E-state index in [1.807, 2.05) is 13.8 Å². The number of carbonyl (C=O) groups excluding carboxylic acids is 1. The number of nitrogens with zero attached hydrogens (tertiary/aromatic N) is 4. The van der Waals surface area contributed by atoms with E-state index >= 15 is 0 Å². The lowest BCUT2D eigenvalue weighted by atomic mass is 10.1. The topological polar surface area (TPSA) is 160 Å². The summed E-state index contributed by atoms with van der Waals surface area (Å²) in [5.41, 5.74) is 1.62. The van der Waals surface area contributed by atoms with Gasteiger partial charge in [0.05, 0.1) is 34.1 Å². The number of amides is 1. The van der Waals surface area contributed by atoms with Gasteiger partial charge in [-0.05, 0) is 76.0 Å². The van der Waals surface area contributed by atoms with Crippen molar-refractivity contribution in [1.29, 1.82) is 0 Å². The van der Waals surface area contributed by atoms with Crippen LogP contribution in [0, 0.1) is 0 Å². The summed E-state index contributed by atoms with van der Waals surface area (Å²) >= 11 is 0. The lowest BCUT2D eigenvalue weighted by Gasteiger charge is -2.33. The molecule has 0 aliphatic carbocycles. The largest absolute Gasteiger partial charge is 0.507 e. The van der Waals surface area contributed by atoms with Crippen LogP contribution in [0.3, 0.4) is 0 Å². The number of nitrogens with one attached hydrogen (secondary N) is 2. The monoisotopic (exact) mass is 650 g/mol. The number of ether oxygens (including phenoxy) is 1. The summed E-state index contributed by atoms with van der Waals surface area (Å²) in [5, 5.41) is 17.6. The molecule has 2 atom stereocenters. The molecule has 1 fully saturated rings. The predicted molar refractivity (Wildman–Crippen MR) is 176 cm³/mol. The predicted octanol–water partition coefficient (Wildman–Crippen LogP) is 3.83. The number of aromatic hydroxyl groups is 1. The average Bonchev–Trinajstić information content (AvgIpc) is 3.67. The first-order chi connectivity index (χ1) is 22.0. The number of aromatic amines is 1. The number of para-hydroxylation sites is 1. The minimum atomic E-state index is -3.92. The van der Waals surface area contributed by atoms with Gasteiger partial charge in [0.15, 0.2) is 15.4 Å². The molecule has 2 unspecified atom stereocenters. The molecule has 1 aliphatic rings. The Balaban J connectivity index is 1.51. The molecule has 3 N–H and O–H groups in total. The molecule has 0 bridgehead atoms. The summed E-state index contributed by atoms with van der Waals surface area (Å²) in [6, 6.07) is 9.80. The number of rotatable bonds is 13. The molecule has 12 nitrogen and oxygen atoms in total. The molecule has 4 aromatic rings. The van der Waals surface area contributed by atoms with Gasteiger partial charge in [-0.1, -0.05) is 32.4 Å². The summed E-state index contributed by atoms with van der Waals surface area (Å²) < 4.78 is 35.7. The second-order valence-corrected chi connectivity index (χ2v) is 13.8. The molecule has 5 rings (SSSR count). The number of aryl methyl sites for hydroxylation is 2. The van der Waals surface area contributed by atoms with E-state index in [0.717, 1.165) is 25.7 Å². The maximum absolute atomic E-state index is 14.1. The summed E-state index contributed by atoms with van der Waals surface area (Å²) in [5.74, 6) is -0.270. The molecule has 0 radical (unpaired) electrons. The highest BCUT2D eigenvalue weighted by Crippen LogP contribution is 2.32. The van der Waals surface area contributed by atoms with Gasteiger partial charge < -0.3 is 20.1 Å². The van der Waals surface area contributed by atoms with Crippen LogP contribution in [0.25, 0.3) is 22.4 Å². The van der Waals surface area contributed by atoms with Crippen LogP contribution in [-0.4, -0.2) is 81.6 Å². The van der Waals surface area contributed by atoms with Crippen LogP contribution in [-0.2, 0) is 23.3 Å². The molecule has 3 heterocycles. The molecule has 2 aromatic carbocycles. The number of fused-ring (bicyclic) bond motifs is 1. The lowest BCUT2D eigenvalue weighted by molar-refractivity contribution is 0.0910. The van der Waals surface area contributed by atoms with E-state index in [1.165, 1.54) is 28.9 Å². The van der Waals surface area contributed by atoms with Gasteiger partial charge in [0, 0.05) is 19.1 Å². The molecule has 0 saturated carbocycles. The van der Waals surface area contributed by atoms with Crippen molar-refractivity contribution in [2.75, 3.05) is 25.4 Å². The molecular weight excluding hydrogens is 608 g/mol. The molecule has 2 aromatic heterocycles. The number of carbonyl (C=O) groups is 1. The zero-order chi connectivity index (χ0) is 33.0. The van der Waals surface area contributed by atoms with Gasteiger partial charge in [-0.15, -0.1) is 0 Å². The van der Waals surface area contributed by atoms with E-state index in [9.17, 15) is 23.1 Å². The first kappa shape index (κ1) is 33.1. The van der Waals surface area contributed by atoms with Gasteiger partial charge in [0.2, 0.25) is 0 Å². The van der Waals surface area contributed by atoms with Crippen molar-refractivity contribution in [2.24, 2.45) is 7.05 Å². The van der Waals surface area contributed by atoms with Crippen molar-refractivity contribution < 1.29 is 23.1 Å². The number of likely N-dealkylation sites (tertiary alicyclic amines) is 1. The highest BCUT2D eigenvalue weighted by atomic mass is 32.2. The molecule has 46 heavy (non-hydrogen) atoms. The lowest BCUT2D eigenvalue weighted by Crippen LogP contribution is -2.52. The van der Waals surface area contributed by atoms with E-state index in [-0.39, 0.29) is 33.3 Å². The number of hydrogen-bond acceptors (Lipinski definition) is 9. The fourth-order valence-corrected chi connectivity index (χ4v) is 7.73. The van der Waals surface area contributed by atoms with Crippen LogP contribution in [0.5, 0.6) is 11.5 Å². The van der Waals surface area contributed by atoms with Crippen molar-refractivity contribution in [3.8, 4) is 22.9 Å². The first-order valence-corrected chi connectivity index (χ1v) is 17.5. The minimum Gasteiger partial charge on any atom is -0.507 e. The second kappa shape index (κ2) is 14.0. The van der Waals surface area contributed by atoms with Gasteiger partial charge in [-0.25, -0.2) is 13.4 Å². The number of aromatic nitrogens is 4. The molecular formula is C33H42N6O6S. The Morgan fingerprint density at radius 1 is 1.13 bits per heavy atom. The first-order valence-electron chi connectivity index (χ1n) is 15.8. The SMILES string of the molecule is CCCOc1ccc(S(=O)(=O)CC(C(C)NC(=O)c2ccccc2O)N2CCCC2)cc1-c1nc2c(CCC)nn(C)c2c(=O)[nH]1. The highest BCUT2D eigenvalue weighted by Gasteiger charge is 2.34. The van der Waals surface area contributed by atoms with Crippen LogP contribution in [0.4, 0.5) is 0 Å². The maximum Gasteiger partial charge on any atom is 0.277 e.